The number of hydrogen-bond acceptors (Lipinski definition) is 2. The van der Waals surface area contributed by atoms with Crippen molar-refractivity contribution in [2.45, 2.75) is 38.8 Å². The molecule has 0 aromatic heterocycles. The summed E-state index contributed by atoms with van der Waals surface area (Å²) in [6.07, 6.45) is 1.23. The third kappa shape index (κ3) is 4.07. The minimum absolute atomic E-state index is 0.0462. The van der Waals surface area contributed by atoms with Crippen molar-refractivity contribution in [3.8, 4) is 0 Å². The lowest BCUT2D eigenvalue weighted by Crippen LogP contribution is -2.40. The average molecular weight is 219 g/mol. The van der Waals surface area contributed by atoms with Crippen LogP contribution in [0.4, 0.5) is 0 Å². The Morgan fingerprint density at radius 3 is 2.50 bits per heavy atom. The number of allylic oxidation sites excluding steroid dienone is 1. The summed E-state index contributed by atoms with van der Waals surface area (Å²) in [7, 11) is 0. The molecule has 0 fully saturated rings. The quantitative estimate of drug-likeness (QED) is 0.770. The summed E-state index contributed by atoms with van der Waals surface area (Å²) in [6.45, 7) is 7.74. The van der Waals surface area contributed by atoms with E-state index in [1.807, 2.05) is 32.0 Å². The van der Waals surface area contributed by atoms with Gasteiger partial charge in [-0.15, -0.1) is 0 Å². The molecular weight excluding hydrogens is 198 g/mol. The summed E-state index contributed by atoms with van der Waals surface area (Å²) in [6, 6.07) is 10.2. The average Bonchev–Trinajstić information content (AvgIpc) is 2.28. The first kappa shape index (κ1) is 12.8. The lowest BCUT2D eigenvalue weighted by molar-refractivity contribution is 0.127. The van der Waals surface area contributed by atoms with Gasteiger partial charge in [0.25, 0.3) is 0 Å². The molecule has 0 saturated heterocycles. The molecule has 2 N–H and O–H groups in total. The zero-order valence-corrected chi connectivity index (χ0v) is 10.1. The molecule has 2 nitrogen and oxygen atoms in total. The largest absolute Gasteiger partial charge is 0.391 e. The molecule has 2 atom stereocenters. The molecule has 0 heterocycles. The van der Waals surface area contributed by atoms with Crippen LogP contribution in [0.3, 0.4) is 0 Å². The highest BCUT2D eigenvalue weighted by Gasteiger charge is 2.17. The van der Waals surface area contributed by atoms with Crippen LogP contribution >= 0.6 is 0 Å². The fraction of sp³-hybridized carbons (Fsp3) is 0.429. The molecule has 0 aliphatic heterocycles. The Morgan fingerprint density at radius 1 is 1.38 bits per heavy atom. The Morgan fingerprint density at radius 2 is 2.00 bits per heavy atom. The lowest BCUT2D eigenvalue weighted by atomic mass is 9.99. The van der Waals surface area contributed by atoms with Crippen molar-refractivity contribution in [1.29, 1.82) is 0 Å². The highest BCUT2D eigenvalue weighted by molar-refractivity contribution is 5.16. The van der Waals surface area contributed by atoms with Gasteiger partial charge in [0.05, 0.1) is 12.1 Å². The highest BCUT2D eigenvalue weighted by Crippen LogP contribution is 2.09. The highest BCUT2D eigenvalue weighted by atomic mass is 16.3. The predicted molar refractivity (Wildman–Crippen MR) is 68.2 cm³/mol. The molecule has 0 aliphatic carbocycles. The maximum atomic E-state index is 9.92. The number of aliphatic hydroxyl groups excluding tert-OH is 1. The molecule has 0 spiro atoms. The fourth-order valence-corrected chi connectivity index (χ4v) is 1.75. The Balaban J connectivity index is 2.67. The molecule has 0 aliphatic rings. The van der Waals surface area contributed by atoms with E-state index in [4.69, 9.17) is 0 Å². The Hall–Kier alpha value is -1.28. The first-order chi connectivity index (χ1) is 7.63. The first-order valence-corrected chi connectivity index (χ1v) is 5.77. The van der Waals surface area contributed by atoms with Crippen LogP contribution < -0.4 is 5.32 Å². The number of aliphatic hydroxyl groups is 1. The van der Waals surface area contributed by atoms with Crippen LogP contribution in [0.2, 0.25) is 0 Å². The van der Waals surface area contributed by atoms with Gasteiger partial charge in [-0.25, -0.2) is 0 Å². The lowest BCUT2D eigenvalue weighted by Gasteiger charge is -2.24. The van der Waals surface area contributed by atoms with Gasteiger partial charge in [-0.1, -0.05) is 43.8 Å². The van der Waals surface area contributed by atoms with E-state index in [-0.39, 0.29) is 12.1 Å². The van der Waals surface area contributed by atoms with Gasteiger partial charge in [0.2, 0.25) is 0 Å². The van der Waals surface area contributed by atoms with Crippen LogP contribution in [0, 0.1) is 0 Å². The van der Waals surface area contributed by atoms with Crippen molar-refractivity contribution < 1.29 is 5.11 Å². The second-order valence-electron chi connectivity index (χ2n) is 4.20. The van der Waals surface area contributed by atoms with Crippen LogP contribution in [0.25, 0.3) is 0 Å². The van der Waals surface area contributed by atoms with Gasteiger partial charge in [-0.3, -0.25) is 0 Å². The third-order valence-electron chi connectivity index (χ3n) is 2.61. The van der Waals surface area contributed by atoms with Gasteiger partial charge in [0.15, 0.2) is 0 Å². The van der Waals surface area contributed by atoms with E-state index in [0.29, 0.717) is 0 Å². The van der Waals surface area contributed by atoms with E-state index >= 15 is 0 Å². The maximum absolute atomic E-state index is 9.92. The molecule has 16 heavy (non-hydrogen) atoms. The number of rotatable bonds is 6. The van der Waals surface area contributed by atoms with E-state index in [1.54, 1.807) is 0 Å². The molecule has 2 unspecified atom stereocenters. The molecule has 2 heteroatoms. The van der Waals surface area contributed by atoms with E-state index < -0.39 is 0 Å². The van der Waals surface area contributed by atoms with Crippen molar-refractivity contribution in [3.63, 3.8) is 0 Å². The Bertz CT molecular complexity index is 321. The minimum atomic E-state index is -0.336. The molecule has 1 rings (SSSR count). The van der Waals surface area contributed by atoms with Crippen molar-refractivity contribution in [2.24, 2.45) is 0 Å². The maximum Gasteiger partial charge on any atom is 0.0741 e. The second kappa shape index (κ2) is 6.33. The van der Waals surface area contributed by atoms with Crippen molar-refractivity contribution in [1.82, 2.24) is 5.32 Å². The zero-order valence-electron chi connectivity index (χ0n) is 10.1. The van der Waals surface area contributed by atoms with Crippen molar-refractivity contribution >= 4 is 0 Å². The van der Waals surface area contributed by atoms with Crippen LogP contribution in [0.5, 0.6) is 0 Å². The summed E-state index contributed by atoms with van der Waals surface area (Å²) in [4.78, 5) is 0. The molecule has 1 aromatic rings. The predicted octanol–water partition coefficient (Wildman–Crippen LogP) is 2.49. The van der Waals surface area contributed by atoms with Crippen molar-refractivity contribution in [3.05, 3.63) is 48.2 Å². The molecule has 0 radical (unpaired) electrons. The summed E-state index contributed by atoms with van der Waals surface area (Å²) in [5.41, 5.74) is 2.13. The number of benzene rings is 1. The minimum Gasteiger partial charge on any atom is -0.391 e. The van der Waals surface area contributed by atoms with E-state index in [2.05, 4.69) is 24.0 Å². The Kier molecular flexibility index (Phi) is 5.06. The molecule has 1 aromatic carbocycles. The van der Waals surface area contributed by atoms with Gasteiger partial charge in [-0.2, -0.15) is 0 Å². The summed E-state index contributed by atoms with van der Waals surface area (Å²) in [5.74, 6) is 0. The standard InChI is InChI=1S/C14H21NO/c1-4-14(16)13(15-11(2)3)10-12-8-6-5-7-9-12/h5-9,13-16H,2,4,10H2,1,3H3. The molecule has 0 saturated carbocycles. The van der Waals surface area contributed by atoms with E-state index in [9.17, 15) is 5.11 Å². The van der Waals surface area contributed by atoms with Gasteiger partial charge in [0, 0.05) is 5.70 Å². The van der Waals surface area contributed by atoms with Crippen molar-refractivity contribution in [2.75, 3.05) is 0 Å². The molecule has 0 bridgehead atoms. The van der Waals surface area contributed by atoms with Gasteiger partial charge in [0.1, 0.15) is 0 Å². The van der Waals surface area contributed by atoms with Crippen LogP contribution in [0.1, 0.15) is 25.8 Å². The van der Waals surface area contributed by atoms with Gasteiger partial charge >= 0.3 is 0 Å². The number of hydrogen-bond donors (Lipinski definition) is 2. The van der Waals surface area contributed by atoms with E-state index in [0.717, 1.165) is 18.5 Å². The monoisotopic (exact) mass is 219 g/mol. The van der Waals surface area contributed by atoms with Crippen LogP contribution in [-0.4, -0.2) is 17.3 Å². The van der Waals surface area contributed by atoms with Crippen LogP contribution in [0.15, 0.2) is 42.6 Å². The summed E-state index contributed by atoms with van der Waals surface area (Å²) < 4.78 is 0. The zero-order chi connectivity index (χ0) is 12.0. The number of nitrogens with one attached hydrogen (secondary N) is 1. The summed E-state index contributed by atoms with van der Waals surface area (Å²) >= 11 is 0. The molecule has 0 amide bonds. The second-order valence-corrected chi connectivity index (χ2v) is 4.20. The SMILES string of the molecule is C=C(C)NC(Cc1ccccc1)C(O)CC. The van der Waals surface area contributed by atoms with Gasteiger partial charge < -0.3 is 10.4 Å². The Labute approximate surface area is 98.0 Å². The van der Waals surface area contributed by atoms with Gasteiger partial charge in [-0.05, 0) is 25.3 Å². The third-order valence-corrected chi connectivity index (χ3v) is 2.61. The molecular formula is C14H21NO. The smallest absolute Gasteiger partial charge is 0.0741 e. The normalized spacial score (nSPS) is 14.2. The van der Waals surface area contributed by atoms with Crippen LogP contribution in [-0.2, 0) is 6.42 Å². The topological polar surface area (TPSA) is 32.3 Å². The summed E-state index contributed by atoms with van der Waals surface area (Å²) in [5, 5.41) is 13.2. The fourth-order valence-electron chi connectivity index (χ4n) is 1.75. The molecule has 88 valence electrons. The first-order valence-electron chi connectivity index (χ1n) is 5.77. The van der Waals surface area contributed by atoms with E-state index in [1.165, 1.54) is 5.56 Å².